The van der Waals surface area contributed by atoms with E-state index in [2.05, 4.69) is 29.6 Å². The first-order valence-electron chi connectivity index (χ1n) is 7.55. The highest BCUT2D eigenvalue weighted by atomic mass is 16.5. The van der Waals surface area contributed by atoms with E-state index in [1.54, 1.807) is 12.4 Å². The Morgan fingerprint density at radius 1 is 1.26 bits per heavy atom. The van der Waals surface area contributed by atoms with Crippen molar-refractivity contribution in [3.63, 3.8) is 0 Å². The molecule has 0 spiro atoms. The van der Waals surface area contributed by atoms with Gasteiger partial charge in [0.25, 0.3) is 0 Å². The molecular formula is C16H18N6O. The Kier molecular flexibility index (Phi) is 3.55. The van der Waals surface area contributed by atoms with Gasteiger partial charge in [0, 0.05) is 44.6 Å². The molecule has 1 aliphatic heterocycles. The number of rotatable bonds is 5. The lowest BCUT2D eigenvalue weighted by Gasteiger charge is -2.15. The molecule has 0 saturated carbocycles. The first kappa shape index (κ1) is 14.0. The molecule has 7 nitrogen and oxygen atoms in total. The zero-order chi connectivity index (χ0) is 15.6. The van der Waals surface area contributed by atoms with E-state index < -0.39 is 0 Å². The quantitative estimate of drug-likeness (QED) is 0.775. The van der Waals surface area contributed by atoms with E-state index in [0.717, 1.165) is 31.1 Å². The van der Waals surface area contributed by atoms with E-state index in [1.165, 1.54) is 17.0 Å². The van der Waals surface area contributed by atoms with Crippen LogP contribution in [0, 0.1) is 0 Å². The number of H-pyrrole nitrogens is 1. The number of aromatic nitrogens is 5. The number of hydrogen-bond donors (Lipinski definition) is 1. The molecule has 0 amide bonds. The Morgan fingerprint density at radius 3 is 3.00 bits per heavy atom. The van der Waals surface area contributed by atoms with Crippen molar-refractivity contribution in [1.29, 1.82) is 0 Å². The smallest absolute Gasteiger partial charge is 0.138 e. The fraction of sp³-hybridized carbons (Fsp3) is 0.312. The van der Waals surface area contributed by atoms with Crippen molar-refractivity contribution >= 4 is 0 Å². The second kappa shape index (κ2) is 5.85. The number of hydrogen-bond acceptors (Lipinski definition) is 5. The molecule has 3 aromatic rings. The number of aromatic amines is 1. The van der Waals surface area contributed by atoms with Gasteiger partial charge in [0.2, 0.25) is 0 Å². The SMILES string of the molecule is Cn1cncc1CN1Cc2[nH]nc(COc3cccnc3)c2C1. The number of ether oxygens (including phenoxy) is 1. The van der Waals surface area contributed by atoms with Crippen LogP contribution in [0.1, 0.15) is 22.6 Å². The molecule has 0 radical (unpaired) electrons. The third-order valence-corrected chi connectivity index (χ3v) is 4.11. The first-order valence-corrected chi connectivity index (χ1v) is 7.55. The average molecular weight is 310 g/mol. The van der Waals surface area contributed by atoms with E-state index in [4.69, 9.17) is 4.74 Å². The second-order valence-electron chi connectivity index (χ2n) is 5.75. The summed E-state index contributed by atoms with van der Waals surface area (Å²) in [6, 6.07) is 3.76. The van der Waals surface area contributed by atoms with E-state index in [1.807, 2.05) is 31.7 Å². The summed E-state index contributed by atoms with van der Waals surface area (Å²) in [5, 5.41) is 7.52. The van der Waals surface area contributed by atoms with Crippen LogP contribution in [-0.2, 0) is 33.3 Å². The third kappa shape index (κ3) is 2.83. The summed E-state index contributed by atoms with van der Waals surface area (Å²) in [6.07, 6.45) is 7.19. The van der Waals surface area contributed by atoms with Gasteiger partial charge in [0.1, 0.15) is 18.1 Å². The molecule has 4 rings (SSSR count). The Balaban J connectivity index is 1.42. The molecule has 0 aliphatic carbocycles. The van der Waals surface area contributed by atoms with E-state index >= 15 is 0 Å². The van der Waals surface area contributed by atoms with Gasteiger partial charge in [-0.15, -0.1) is 0 Å². The summed E-state index contributed by atoms with van der Waals surface area (Å²) >= 11 is 0. The van der Waals surface area contributed by atoms with Gasteiger partial charge in [-0.25, -0.2) is 4.98 Å². The first-order chi connectivity index (χ1) is 11.3. The van der Waals surface area contributed by atoms with Crippen molar-refractivity contribution in [3.8, 4) is 5.75 Å². The molecule has 1 aliphatic rings. The number of aryl methyl sites for hydroxylation is 1. The maximum absolute atomic E-state index is 5.76. The fourth-order valence-electron chi connectivity index (χ4n) is 2.85. The fourth-order valence-corrected chi connectivity index (χ4v) is 2.85. The van der Waals surface area contributed by atoms with Gasteiger partial charge in [-0.3, -0.25) is 15.0 Å². The van der Waals surface area contributed by atoms with Gasteiger partial charge < -0.3 is 9.30 Å². The molecule has 0 atom stereocenters. The molecular weight excluding hydrogens is 292 g/mol. The molecule has 7 heteroatoms. The van der Waals surface area contributed by atoms with Crippen LogP contribution < -0.4 is 4.74 Å². The van der Waals surface area contributed by atoms with Crippen molar-refractivity contribution in [2.75, 3.05) is 0 Å². The summed E-state index contributed by atoms with van der Waals surface area (Å²) in [6.45, 7) is 3.09. The minimum atomic E-state index is 0.455. The Bertz CT molecular complexity index is 794. The summed E-state index contributed by atoms with van der Waals surface area (Å²) in [4.78, 5) is 10.6. The van der Waals surface area contributed by atoms with Crippen LogP contribution in [0.25, 0.3) is 0 Å². The summed E-state index contributed by atoms with van der Waals surface area (Å²) in [5.74, 6) is 0.758. The highest BCUT2D eigenvalue weighted by Crippen LogP contribution is 2.26. The van der Waals surface area contributed by atoms with E-state index in [-0.39, 0.29) is 0 Å². The molecule has 3 aromatic heterocycles. The molecule has 4 heterocycles. The summed E-state index contributed by atoms with van der Waals surface area (Å²) in [7, 11) is 2.02. The van der Waals surface area contributed by atoms with Crippen LogP contribution in [0.15, 0.2) is 37.1 Å². The van der Waals surface area contributed by atoms with Gasteiger partial charge in [0.05, 0.1) is 23.9 Å². The van der Waals surface area contributed by atoms with Crippen molar-refractivity contribution in [2.24, 2.45) is 7.05 Å². The van der Waals surface area contributed by atoms with Gasteiger partial charge in [-0.2, -0.15) is 5.10 Å². The average Bonchev–Trinajstić information content (AvgIpc) is 3.24. The van der Waals surface area contributed by atoms with Crippen molar-refractivity contribution in [3.05, 3.63) is 59.7 Å². The topological polar surface area (TPSA) is 71.9 Å². The highest BCUT2D eigenvalue weighted by molar-refractivity contribution is 5.29. The van der Waals surface area contributed by atoms with E-state index in [0.29, 0.717) is 6.61 Å². The Morgan fingerprint density at radius 2 is 2.22 bits per heavy atom. The minimum Gasteiger partial charge on any atom is -0.486 e. The molecule has 0 fully saturated rings. The third-order valence-electron chi connectivity index (χ3n) is 4.11. The minimum absolute atomic E-state index is 0.455. The predicted octanol–water partition coefficient (Wildman–Crippen LogP) is 1.63. The maximum Gasteiger partial charge on any atom is 0.138 e. The molecule has 0 unspecified atom stereocenters. The maximum atomic E-state index is 5.76. The van der Waals surface area contributed by atoms with Crippen LogP contribution >= 0.6 is 0 Å². The van der Waals surface area contributed by atoms with Crippen LogP contribution in [-0.4, -0.2) is 29.6 Å². The second-order valence-corrected chi connectivity index (χ2v) is 5.75. The molecule has 118 valence electrons. The van der Waals surface area contributed by atoms with Crippen LogP contribution in [0.3, 0.4) is 0 Å². The molecule has 1 N–H and O–H groups in total. The van der Waals surface area contributed by atoms with Crippen molar-refractivity contribution in [2.45, 2.75) is 26.2 Å². The molecule has 0 saturated heterocycles. The molecule has 0 aromatic carbocycles. The molecule has 0 bridgehead atoms. The van der Waals surface area contributed by atoms with Gasteiger partial charge >= 0.3 is 0 Å². The number of fused-ring (bicyclic) bond motifs is 1. The van der Waals surface area contributed by atoms with Crippen molar-refractivity contribution < 1.29 is 4.74 Å². The normalized spacial score (nSPS) is 14.1. The predicted molar refractivity (Wildman–Crippen MR) is 83.3 cm³/mol. The lowest BCUT2D eigenvalue weighted by molar-refractivity contribution is 0.260. The summed E-state index contributed by atoms with van der Waals surface area (Å²) < 4.78 is 7.81. The number of nitrogens with zero attached hydrogens (tertiary/aromatic N) is 5. The molecule has 23 heavy (non-hydrogen) atoms. The summed E-state index contributed by atoms with van der Waals surface area (Å²) in [5.41, 5.74) is 4.60. The van der Waals surface area contributed by atoms with Crippen LogP contribution in [0.2, 0.25) is 0 Å². The standard InChI is InChI=1S/C16H18N6O/c1-21-11-18-5-12(21)7-22-8-14-15(9-22)19-20-16(14)10-23-13-3-2-4-17-6-13/h2-6,11H,7-10H2,1H3,(H,19,20). The number of nitrogens with one attached hydrogen (secondary N) is 1. The van der Waals surface area contributed by atoms with Gasteiger partial charge in [-0.05, 0) is 12.1 Å². The Hall–Kier alpha value is -2.67. The van der Waals surface area contributed by atoms with Crippen LogP contribution in [0.4, 0.5) is 0 Å². The Labute approximate surface area is 133 Å². The lowest BCUT2D eigenvalue weighted by Crippen LogP contribution is -2.18. The number of pyridine rings is 1. The highest BCUT2D eigenvalue weighted by Gasteiger charge is 2.25. The number of imidazole rings is 1. The largest absolute Gasteiger partial charge is 0.486 e. The lowest BCUT2D eigenvalue weighted by atomic mass is 10.2. The monoisotopic (exact) mass is 310 g/mol. The van der Waals surface area contributed by atoms with Crippen LogP contribution in [0.5, 0.6) is 5.75 Å². The zero-order valence-electron chi connectivity index (χ0n) is 12.9. The van der Waals surface area contributed by atoms with Crippen molar-refractivity contribution in [1.82, 2.24) is 29.6 Å². The zero-order valence-corrected chi connectivity index (χ0v) is 12.9. The van der Waals surface area contributed by atoms with Gasteiger partial charge in [-0.1, -0.05) is 0 Å². The van der Waals surface area contributed by atoms with Gasteiger partial charge in [0.15, 0.2) is 0 Å². The van der Waals surface area contributed by atoms with E-state index in [9.17, 15) is 0 Å².